The van der Waals surface area contributed by atoms with E-state index < -0.39 is 12.6 Å². The van der Waals surface area contributed by atoms with Crippen LogP contribution in [0.15, 0.2) is 0 Å². The topological polar surface area (TPSA) is 55.1 Å². The molecule has 3 N–H and O–H groups in total. The van der Waals surface area contributed by atoms with Crippen LogP contribution >= 0.6 is 0 Å². The molecule has 0 aromatic carbocycles. The van der Waals surface area contributed by atoms with Gasteiger partial charge in [-0.2, -0.15) is 13.2 Å². The molecule has 0 saturated heterocycles. The predicted octanol–water partition coefficient (Wildman–Crippen LogP) is 1.57. The monoisotopic (exact) mass is 226 g/mol. The van der Waals surface area contributed by atoms with E-state index in [9.17, 15) is 18.0 Å². The van der Waals surface area contributed by atoms with E-state index in [1.54, 1.807) is 6.92 Å². The number of amides is 1. The minimum atomic E-state index is -4.14. The van der Waals surface area contributed by atoms with Crippen LogP contribution in [0.5, 0.6) is 0 Å². The largest absolute Gasteiger partial charge is 0.389 e. The Bertz CT molecular complexity index is 192. The first-order valence-corrected chi connectivity index (χ1v) is 4.90. The molecule has 0 spiro atoms. The van der Waals surface area contributed by atoms with E-state index in [-0.39, 0.29) is 31.3 Å². The summed E-state index contributed by atoms with van der Waals surface area (Å²) in [5.74, 6) is -0.241. The third kappa shape index (κ3) is 11.1. The second-order valence-electron chi connectivity index (χ2n) is 3.58. The van der Waals surface area contributed by atoms with Crippen LogP contribution in [0.1, 0.15) is 32.6 Å². The van der Waals surface area contributed by atoms with E-state index in [0.29, 0.717) is 6.42 Å². The summed E-state index contributed by atoms with van der Waals surface area (Å²) in [5, 5.41) is 2.42. The Kier molecular flexibility index (Phi) is 6.31. The molecular formula is C9H17F3N2O. The number of rotatable bonds is 6. The molecule has 0 fully saturated rings. The molecule has 3 nitrogen and oxygen atoms in total. The Morgan fingerprint density at radius 1 is 1.47 bits per heavy atom. The number of carbonyl (C=O) groups is 1. The summed E-state index contributed by atoms with van der Waals surface area (Å²) < 4.78 is 35.1. The van der Waals surface area contributed by atoms with Crippen LogP contribution in [0.3, 0.4) is 0 Å². The van der Waals surface area contributed by atoms with Crippen molar-refractivity contribution in [1.82, 2.24) is 5.32 Å². The van der Waals surface area contributed by atoms with Crippen LogP contribution in [0.25, 0.3) is 0 Å². The minimum Gasteiger partial charge on any atom is -0.356 e. The predicted molar refractivity (Wildman–Crippen MR) is 51.2 cm³/mol. The number of alkyl halides is 3. The highest BCUT2D eigenvalue weighted by atomic mass is 19.4. The maximum atomic E-state index is 11.7. The van der Waals surface area contributed by atoms with Crippen molar-refractivity contribution in [2.24, 2.45) is 5.73 Å². The highest BCUT2D eigenvalue weighted by Gasteiger charge is 2.25. The quantitative estimate of drug-likeness (QED) is 0.675. The van der Waals surface area contributed by atoms with Crippen molar-refractivity contribution in [2.75, 3.05) is 6.54 Å². The molecule has 0 bridgehead atoms. The molecule has 0 aliphatic carbocycles. The standard InChI is InChI=1S/C9H17F3N2O/c1-7(13)3-4-8(15)14-6-2-5-9(10,11)12/h7H,2-6,13H2,1H3,(H,14,15). The van der Waals surface area contributed by atoms with Gasteiger partial charge in [0, 0.05) is 25.4 Å². The van der Waals surface area contributed by atoms with E-state index in [2.05, 4.69) is 5.32 Å². The summed E-state index contributed by atoms with van der Waals surface area (Å²) >= 11 is 0. The van der Waals surface area contributed by atoms with Crippen molar-refractivity contribution in [1.29, 1.82) is 0 Å². The lowest BCUT2D eigenvalue weighted by molar-refractivity contribution is -0.136. The van der Waals surface area contributed by atoms with Gasteiger partial charge in [0.15, 0.2) is 0 Å². The fourth-order valence-corrected chi connectivity index (χ4v) is 0.964. The third-order valence-corrected chi connectivity index (χ3v) is 1.79. The van der Waals surface area contributed by atoms with Gasteiger partial charge in [0.2, 0.25) is 5.91 Å². The first-order chi connectivity index (χ1) is 6.81. The maximum Gasteiger partial charge on any atom is 0.389 e. The van der Waals surface area contributed by atoms with Gasteiger partial charge in [-0.1, -0.05) is 0 Å². The van der Waals surface area contributed by atoms with E-state index in [1.807, 2.05) is 0 Å². The Morgan fingerprint density at radius 2 is 2.07 bits per heavy atom. The lowest BCUT2D eigenvalue weighted by atomic mass is 10.2. The SMILES string of the molecule is CC(N)CCC(=O)NCCCC(F)(F)F. The molecule has 1 amide bonds. The number of nitrogens with one attached hydrogen (secondary N) is 1. The molecule has 0 aliphatic heterocycles. The number of carbonyl (C=O) groups excluding carboxylic acids is 1. The van der Waals surface area contributed by atoms with Crippen molar-refractivity contribution in [3.8, 4) is 0 Å². The van der Waals surface area contributed by atoms with Crippen LogP contribution < -0.4 is 11.1 Å². The van der Waals surface area contributed by atoms with E-state index in [0.717, 1.165) is 0 Å². The van der Waals surface area contributed by atoms with Crippen molar-refractivity contribution in [2.45, 2.75) is 44.8 Å². The van der Waals surface area contributed by atoms with E-state index in [1.165, 1.54) is 0 Å². The van der Waals surface area contributed by atoms with Crippen molar-refractivity contribution in [3.05, 3.63) is 0 Å². The van der Waals surface area contributed by atoms with Gasteiger partial charge < -0.3 is 11.1 Å². The summed E-state index contributed by atoms with van der Waals surface area (Å²) in [6.45, 7) is 1.84. The number of nitrogens with two attached hydrogens (primary N) is 1. The lowest BCUT2D eigenvalue weighted by Gasteiger charge is -2.08. The van der Waals surface area contributed by atoms with Crippen LogP contribution in [0.2, 0.25) is 0 Å². The Morgan fingerprint density at radius 3 is 2.53 bits per heavy atom. The van der Waals surface area contributed by atoms with Crippen molar-refractivity contribution < 1.29 is 18.0 Å². The molecule has 0 rings (SSSR count). The summed E-state index contributed by atoms with van der Waals surface area (Å²) in [7, 11) is 0. The highest BCUT2D eigenvalue weighted by Crippen LogP contribution is 2.20. The van der Waals surface area contributed by atoms with Gasteiger partial charge in [-0.3, -0.25) is 4.79 Å². The fourth-order valence-electron chi connectivity index (χ4n) is 0.964. The number of hydrogen-bond donors (Lipinski definition) is 2. The molecule has 0 aromatic heterocycles. The zero-order chi connectivity index (χ0) is 11.9. The normalized spacial score (nSPS) is 13.7. The molecule has 15 heavy (non-hydrogen) atoms. The van der Waals surface area contributed by atoms with E-state index >= 15 is 0 Å². The Labute approximate surface area is 87.2 Å². The highest BCUT2D eigenvalue weighted by molar-refractivity contribution is 5.75. The Balaban J connectivity index is 3.40. The second-order valence-corrected chi connectivity index (χ2v) is 3.58. The summed E-state index contributed by atoms with van der Waals surface area (Å²) in [4.78, 5) is 11.0. The first kappa shape index (κ1) is 14.2. The van der Waals surface area contributed by atoms with Gasteiger partial charge in [-0.05, 0) is 19.8 Å². The van der Waals surface area contributed by atoms with Crippen LogP contribution in [-0.4, -0.2) is 24.7 Å². The van der Waals surface area contributed by atoms with Crippen LogP contribution in [0, 0.1) is 0 Å². The van der Waals surface area contributed by atoms with Crippen molar-refractivity contribution in [3.63, 3.8) is 0 Å². The molecule has 0 saturated carbocycles. The number of halogens is 3. The molecule has 0 heterocycles. The maximum absolute atomic E-state index is 11.7. The van der Waals surface area contributed by atoms with Gasteiger partial charge in [-0.15, -0.1) is 0 Å². The minimum absolute atomic E-state index is 0.0640. The second kappa shape index (κ2) is 6.66. The smallest absolute Gasteiger partial charge is 0.356 e. The van der Waals surface area contributed by atoms with Gasteiger partial charge in [0.25, 0.3) is 0 Å². The fraction of sp³-hybridized carbons (Fsp3) is 0.889. The number of hydrogen-bond acceptors (Lipinski definition) is 2. The first-order valence-electron chi connectivity index (χ1n) is 4.90. The molecule has 0 radical (unpaired) electrons. The molecular weight excluding hydrogens is 209 g/mol. The van der Waals surface area contributed by atoms with Gasteiger partial charge in [0.1, 0.15) is 0 Å². The molecule has 0 aliphatic rings. The van der Waals surface area contributed by atoms with E-state index in [4.69, 9.17) is 5.73 Å². The molecule has 0 aromatic rings. The molecule has 90 valence electrons. The van der Waals surface area contributed by atoms with Gasteiger partial charge >= 0.3 is 6.18 Å². The molecule has 1 atom stereocenters. The third-order valence-electron chi connectivity index (χ3n) is 1.79. The average molecular weight is 226 g/mol. The van der Waals surface area contributed by atoms with Crippen LogP contribution in [0.4, 0.5) is 13.2 Å². The van der Waals surface area contributed by atoms with Crippen LogP contribution in [-0.2, 0) is 4.79 Å². The lowest BCUT2D eigenvalue weighted by Crippen LogP contribution is -2.27. The van der Waals surface area contributed by atoms with Gasteiger partial charge in [-0.25, -0.2) is 0 Å². The Hall–Kier alpha value is -0.780. The van der Waals surface area contributed by atoms with Gasteiger partial charge in [0.05, 0.1) is 0 Å². The zero-order valence-corrected chi connectivity index (χ0v) is 8.73. The zero-order valence-electron chi connectivity index (χ0n) is 8.73. The molecule has 1 unspecified atom stereocenters. The average Bonchev–Trinajstić information content (AvgIpc) is 2.07. The van der Waals surface area contributed by atoms with Crippen molar-refractivity contribution >= 4 is 5.91 Å². The summed E-state index contributed by atoms with van der Waals surface area (Å²) in [6.07, 6.45) is -4.26. The summed E-state index contributed by atoms with van der Waals surface area (Å²) in [6, 6.07) is -0.0640. The summed E-state index contributed by atoms with van der Waals surface area (Å²) in [5.41, 5.74) is 5.42. The molecule has 6 heteroatoms.